The fourth-order valence-corrected chi connectivity index (χ4v) is 3.41. The molecule has 148 valence electrons. The number of nitrogens with one attached hydrogen (secondary N) is 2. The lowest BCUT2D eigenvalue weighted by Gasteiger charge is -2.35. The van der Waals surface area contributed by atoms with Gasteiger partial charge in [0.2, 0.25) is 17.7 Å². The van der Waals surface area contributed by atoms with Crippen molar-refractivity contribution in [3.8, 4) is 5.75 Å². The van der Waals surface area contributed by atoms with E-state index in [9.17, 15) is 14.4 Å². The van der Waals surface area contributed by atoms with Crippen molar-refractivity contribution in [1.82, 2.24) is 10.6 Å². The fraction of sp³-hybridized carbons (Fsp3) is 0.526. The monoisotopic (exact) mass is 377 g/mol. The number of primary amides is 1. The Morgan fingerprint density at radius 3 is 2.59 bits per heavy atom. The second-order valence-corrected chi connectivity index (χ2v) is 6.63. The number of carbonyl (C=O) groups is 3. The first kappa shape index (κ1) is 20.7. The third-order valence-electron chi connectivity index (χ3n) is 4.79. The van der Waals surface area contributed by atoms with Crippen molar-refractivity contribution in [1.29, 1.82) is 0 Å². The van der Waals surface area contributed by atoms with Crippen LogP contribution >= 0.6 is 0 Å². The number of nitrogens with two attached hydrogens (primary N) is 1. The summed E-state index contributed by atoms with van der Waals surface area (Å²) in [6.07, 6.45) is 1.73. The van der Waals surface area contributed by atoms with Crippen LogP contribution < -0.4 is 21.1 Å². The molecule has 1 aliphatic rings. The molecule has 4 N–H and O–H groups in total. The maximum absolute atomic E-state index is 12.5. The van der Waals surface area contributed by atoms with Crippen LogP contribution in [0.4, 0.5) is 0 Å². The van der Waals surface area contributed by atoms with E-state index in [1.54, 1.807) is 20.3 Å². The summed E-state index contributed by atoms with van der Waals surface area (Å²) in [5, 5.41) is 5.51. The topological polar surface area (TPSA) is 120 Å². The maximum atomic E-state index is 12.5. The van der Waals surface area contributed by atoms with Crippen molar-refractivity contribution in [3.63, 3.8) is 0 Å². The Balaban J connectivity index is 1.97. The number of carbonyl (C=O) groups excluding carboxylic acids is 3. The van der Waals surface area contributed by atoms with Crippen molar-refractivity contribution >= 4 is 17.7 Å². The quantitative estimate of drug-likeness (QED) is 0.595. The summed E-state index contributed by atoms with van der Waals surface area (Å²) in [5.41, 5.74) is 5.85. The SMILES string of the molecule is COc1ccccc1CC(=O)N[C@@H]1C[C@@H](C(=O)NCC(N)=O)CC[C@H]1OC. The molecule has 0 unspecified atom stereocenters. The van der Waals surface area contributed by atoms with Crippen molar-refractivity contribution in [3.05, 3.63) is 29.8 Å². The number of hydrogen-bond acceptors (Lipinski definition) is 5. The molecule has 0 spiro atoms. The van der Waals surface area contributed by atoms with Crippen LogP contribution in [0.25, 0.3) is 0 Å². The van der Waals surface area contributed by atoms with Crippen molar-refractivity contribution in [2.24, 2.45) is 11.7 Å². The van der Waals surface area contributed by atoms with Gasteiger partial charge in [-0.3, -0.25) is 14.4 Å². The van der Waals surface area contributed by atoms with Gasteiger partial charge in [-0.25, -0.2) is 0 Å². The highest BCUT2D eigenvalue weighted by molar-refractivity contribution is 5.85. The third kappa shape index (κ3) is 5.96. The minimum Gasteiger partial charge on any atom is -0.496 e. The number of benzene rings is 1. The molecule has 0 saturated heterocycles. The highest BCUT2D eigenvalue weighted by Crippen LogP contribution is 2.27. The molecule has 3 atom stereocenters. The molecule has 1 aromatic rings. The molecule has 3 amide bonds. The summed E-state index contributed by atoms with van der Waals surface area (Å²) in [6, 6.07) is 7.06. The van der Waals surface area contributed by atoms with Gasteiger partial charge in [0.1, 0.15) is 5.75 Å². The molecule has 1 saturated carbocycles. The molecule has 0 aliphatic heterocycles. The molecule has 2 rings (SSSR count). The van der Waals surface area contributed by atoms with E-state index in [1.165, 1.54) is 0 Å². The van der Waals surface area contributed by atoms with Gasteiger partial charge in [-0.1, -0.05) is 18.2 Å². The zero-order chi connectivity index (χ0) is 19.8. The average Bonchev–Trinajstić information content (AvgIpc) is 2.66. The zero-order valence-electron chi connectivity index (χ0n) is 15.7. The lowest BCUT2D eigenvalue weighted by molar-refractivity contribution is -0.131. The van der Waals surface area contributed by atoms with Gasteiger partial charge < -0.3 is 25.8 Å². The molecular formula is C19H27N3O5. The Bertz CT molecular complexity index is 679. The first-order chi connectivity index (χ1) is 12.9. The minimum atomic E-state index is -0.587. The van der Waals surface area contributed by atoms with Gasteiger partial charge in [0.15, 0.2) is 0 Å². The van der Waals surface area contributed by atoms with Crippen LogP contribution in [-0.2, 0) is 25.5 Å². The zero-order valence-corrected chi connectivity index (χ0v) is 15.7. The number of ether oxygens (including phenoxy) is 2. The van der Waals surface area contributed by atoms with Crippen LogP contribution in [0.1, 0.15) is 24.8 Å². The lowest BCUT2D eigenvalue weighted by atomic mass is 9.83. The average molecular weight is 377 g/mol. The Morgan fingerprint density at radius 2 is 1.93 bits per heavy atom. The smallest absolute Gasteiger partial charge is 0.236 e. The number of rotatable bonds is 8. The Kier molecular flexibility index (Phi) is 7.60. The van der Waals surface area contributed by atoms with Crippen molar-refractivity contribution < 1.29 is 23.9 Å². The van der Waals surface area contributed by atoms with Crippen LogP contribution in [0.5, 0.6) is 5.75 Å². The Labute approximate surface area is 158 Å². The molecule has 0 heterocycles. The summed E-state index contributed by atoms with van der Waals surface area (Å²) >= 11 is 0. The van der Waals surface area contributed by atoms with E-state index in [0.29, 0.717) is 25.0 Å². The number of hydrogen-bond donors (Lipinski definition) is 3. The number of amides is 3. The summed E-state index contributed by atoms with van der Waals surface area (Å²) in [7, 11) is 3.16. The normalized spacial score (nSPS) is 21.9. The predicted octanol–water partition coefficient (Wildman–Crippen LogP) is 0.139. The van der Waals surface area contributed by atoms with Gasteiger partial charge in [-0.05, 0) is 25.3 Å². The van der Waals surface area contributed by atoms with Crippen LogP contribution in [0.15, 0.2) is 24.3 Å². The third-order valence-corrected chi connectivity index (χ3v) is 4.79. The van der Waals surface area contributed by atoms with Crippen LogP contribution in [0.2, 0.25) is 0 Å². The van der Waals surface area contributed by atoms with E-state index in [1.807, 2.05) is 18.2 Å². The van der Waals surface area contributed by atoms with E-state index in [-0.39, 0.29) is 42.8 Å². The molecule has 8 heteroatoms. The van der Waals surface area contributed by atoms with E-state index < -0.39 is 5.91 Å². The second kappa shape index (κ2) is 9.91. The molecular weight excluding hydrogens is 350 g/mol. The highest BCUT2D eigenvalue weighted by atomic mass is 16.5. The van der Waals surface area contributed by atoms with Crippen LogP contribution in [0.3, 0.4) is 0 Å². The summed E-state index contributed by atoms with van der Waals surface area (Å²) in [6.45, 7) is -0.187. The van der Waals surface area contributed by atoms with E-state index in [4.69, 9.17) is 15.2 Å². The molecule has 1 fully saturated rings. The molecule has 8 nitrogen and oxygen atoms in total. The van der Waals surface area contributed by atoms with Gasteiger partial charge in [0.05, 0.1) is 32.2 Å². The van der Waals surface area contributed by atoms with Gasteiger partial charge >= 0.3 is 0 Å². The molecule has 1 aliphatic carbocycles. The standard InChI is InChI=1S/C19H27N3O5/c1-26-15-6-4-3-5-12(15)10-18(24)22-14-9-13(7-8-16(14)27-2)19(25)21-11-17(20)23/h3-6,13-14,16H,7-11H2,1-2H3,(H2,20,23)(H,21,25)(H,22,24)/t13-,14+,16+/m0/s1. The van der Waals surface area contributed by atoms with Crippen LogP contribution in [-0.4, -0.2) is 50.6 Å². The minimum absolute atomic E-state index is 0.160. The van der Waals surface area contributed by atoms with Crippen molar-refractivity contribution in [2.45, 2.75) is 37.8 Å². The first-order valence-corrected chi connectivity index (χ1v) is 8.94. The van der Waals surface area contributed by atoms with Gasteiger partial charge in [0, 0.05) is 18.6 Å². The summed E-state index contributed by atoms with van der Waals surface area (Å²) < 4.78 is 10.8. The predicted molar refractivity (Wildman–Crippen MR) is 99.0 cm³/mol. The molecule has 1 aromatic carbocycles. The maximum Gasteiger partial charge on any atom is 0.236 e. The van der Waals surface area contributed by atoms with E-state index in [0.717, 1.165) is 5.56 Å². The molecule has 0 radical (unpaired) electrons. The van der Waals surface area contributed by atoms with Gasteiger partial charge in [-0.2, -0.15) is 0 Å². The molecule has 0 aromatic heterocycles. The summed E-state index contributed by atoms with van der Waals surface area (Å²) in [4.78, 5) is 35.6. The van der Waals surface area contributed by atoms with Gasteiger partial charge in [-0.15, -0.1) is 0 Å². The van der Waals surface area contributed by atoms with Crippen LogP contribution in [0, 0.1) is 5.92 Å². The Morgan fingerprint density at radius 1 is 1.19 bits per heavy atom. The number of methoxy groups -OCH3 is 2. The van der Waals surface area contributed by atoms with E-state index >= 15 is 0 Å². The van der Waals surface area contributed by atoms with Crippen molar-refractivity contribution in [2.75, 3.05) is 20.8 Å². The highest BCUT2D eigenvalue weighted by Gasteiger charge is 2.35. The first-order valence-electron chi connectivity index (χ1n) is 8.94. The number of para-hydroxylation sites is 1. The molecule has 0 bridgehead atoms. The molecule has 27 heavy (non-hydrogen) atoms. The lowest BCUT2D eigenvalue weighted by Crippen LogP contribution is -2.51. The van der Waals surface area contributed by atoms with E-state index in [2.05, 4.69) is 10.6 Å². The second-order valence-electron chi connectivity index (χ2n) is 6.63. The fourth-order valence-electron chi connectivity index (χ4n) is 3.41. The largest absolute Gasteiger partial charge is 0.496 e. The van der Waals surface area contributed by atoms with Gasteiger partial charge in [0.25, 0.3) is 0 Å². The summed E-state index contributed by atoms with van der Waals surface area (Å²) in [5.74, 6) is -0.622. The Hall–Kier alpha value is -2.61.